The molecule has 3 nitrogen and oxygen atoms in total. The maximum atomic E-state index is 12.8. The molecule has 1 saturated carbocycles. The molecule has 0 unspecified atom stereocenters. The summed E-state index contributed by atoms with van der Waals surface area (Å²) >= 11 is 0. The van der Waals surface area contributed by atoms with Crippen LogP contribution in [0.1, 0.15) is 56.2 Å². The lowest BCUT2D eigenvalue weighted by atomic mass is 9.74. The van der Waals surface area contributed by atoms with Crippen molar-refractivity contribution in [1.82, 2.24) is 0 Å². The topological polar surface area (TPSA) is 46.5 Å². The molecular formula is C29H32O3. The molecule has 3 aromatic carbocycles. The Hall–Kier alpha value is -2.75. The van der Waals surface area contributed by atoms with Gasteiger partial charge >= 0.3 is 0 Å². The fourth-order valence-corrected chi connectivity index (χ4v) is 4.81. The highest BCUT2D eigenvalue weighted by Crippen LogP contribution is 2.44. The SMILES string of the molecule is CC1(C)C(=O)CCCC[C@@H](OC(c2ccccc2)(c2ccccc2)c2ccccc2)[C@H]1O. The average Bonchev–Trinajstić information content (AvgIpc) is 2.84. The van der Waals surface area contributed by atoms with E-state index in [1.54, 1.807) is 0 Å². The van der Waals surface area contributed by atoms with Gasteiger partial charge in [0.1, 0.15) is 11.4 Å². The quantitative estimate of drug-likeness (QED) is 0.515. The standard InChI is InChI=1S/C29H32O3/c1-28(2)26(30)21-13-12-20-25(27(28)31)32-29(22-14-6-3-7-15-22,23-16-8-4-9-17-23)24-18-10-5-11-19-24/h3-11,14-19,25,27,31H,12-13,20-21H2,1-2H3/t25-,27-/m1/s1. The number of Topliss-reactive ketones (excluding diaryl/α,β-unsaturated/α-hetero) is 1. The molecule has 0 heterocycles. The van der Waals surface area contributed by atoms with Gasteiger partial charge in [0.2, 0.25) is 0 Å². The molecule has 0 bridgehead atoms. The van der Waals surface area contributed by atoms with Crippen LogP contribution in [0.15, 0.2) is 91.0 Å². The van der Waals surface area contributed by atoms with Crippen LogP contribution >= 0.6 is 0 Å². The molecule has 0 aliphatic heterocycles. The van der Waals surface area contributed by atoms with Gasteiger partial charge in [0.05, 0.1) is 17.6 Å². The number of carbonyl (C=O) groups is 1. The fourth-order valence-electron chi connectivity index (χ4n) is 4.81. The molecule has 3 heteroatoms. The summed E-state index contributed by atoms with van der Waals surface area (Å²) in [6.45, 7) is 3.69. The van der Waals surface area contributed by atoms with E-state index in [1.807, 2.05) is 68.4 Å². The Morgan fingerprint density at radius 2 is 1.22 bits per heavy atom. The first-order valence-corrected chi connectivity index (χ1v) is 11.5. The van der Waals surface area contributed by atoms with Gasteiger partial charge in [0.15, 0.2) is 0 Å². The van der Waals surface area contributed by atoms with Crippen molar-refractivity contribution in [3.05, 3.63) is 108 Å². The maximum absolute atomic E-state index is 12.8. The van der Waals surface area contributed by atoms with Crippen molar-refractivity contribution in [2.75, 3.05) is 0 Å². The van der Waals surface area contributed by atoms with Crippen LogP contribution in [0.3, 0.4) is 0 Å². The molecule has 1 aliphatic carbocycles. The van der Waals surface area contributed by atoms with Gasteiger partial charge in [-0.2, -0.15) is 0 Å². The van der Waals surface area contributed by atoms with Crippen LogP contribution in [0.5, 0.6) is 0 Å². The minimum Gasteiger partial charge on any atom is -0.389 e. The molecule has 4 rings (SSSR count). The Morgan fingerprint density at radius 1 is 0.781 bits per heavy atom. The van der Waals surface area contributed by atoms with E-state index in [1.165, 1.54) is 0 Å². The Balaban J connectivity index is 1.90. The van der Waals surface area contributed by atoms with Gasteiger partial charge in [0.25, 0.3) is 0 Å². The summed E-state index contributed by atoms with van der Waals surface area (Å²) in [4.78, 5) is 12.8. The van der Waals surface area contributed by atoms with Crippen molar-refractivity contribution in [1.29, 1.82) is 0 Å². The minimum atomic E-state index is -0.909. The van der Waals surface area contributed by atoms with Crippen molar-refractivity contribution in [3.8, 4) is 0 Å². The predicted molar refractivity (Wildman–Crippen MR) is 127 cm³/mol. The summed E-state index contributed by atoms with van der Waals surface area (Å²) in [6, 6.07) is 30.5. The number of hydrogen-bond acceptors (Lipinski definition) is 3. The zero-order valence-electron chi connectivity index (χ0n) is 18.9. The summed E-state index contributed by atoms with van der Waals surface area (Å²) < 4.78 is 7.07. The summed E-state index contributed by atoms with van der Waals surface area (Å²) in [7, 11) is 0. The van der Waals surface area contributed by atoms with Gasteiger partial charge in [-0.05, 0) is 29.5 Å². The van der Waals surface area contributed by atoms with Crippen molar-refractivity contribution in [2.45, 2.75) is 57.3 Å². The van der Waals surface area contributed by atoms with Gasteiger partial charge in [-0.15, -0.1) is 0 Å². The molecule has 0 radical (unpaired) electrons. The van der Waals surface area contributed by atoms with E-state index in [0.717, 1.165) is 29.5 Å². The lowest BCUT2D eigenvalue weighted by Gasteiger charge is -2.44. The van der Waals surface area contributed by atoms with Crippen LogP contribution < -0.4 is 0 Å². The average molecular weight is 429 g/mol. The van der Waals surface area contributed by atoms with Crippen LogP contribution in [0.2, 0.25) is 0 Å². The molecule has 2 atom stereocenters. The molecule has 1 aliphatic rings. The molecule has 3 aromatic rings. The predicted octanol–water partition coefficient (Wildman–Crippen LogP) is 5.89. The van der Waals surface area contributed by atoms with Gasteiger partial charge in [0, 0.05) is 6.42 Å². The second-order valence-electron chi connectivity index (χ2n) is 9.27. The molecule has 0 saturated heterocycles. The fraction of sp³-hybridized carbons (Fsp3) is 0.345. The summed E-state index contributed by atoms with van der Waals surface area (Å²) in [5, 5.41) is 11.4. The minimum absolute atomic E-state index is 0.100. The van der Waals surface area contributed by atoms with Gasteiger partial charge in [-0.3, -0.25) is 4.79 Å². The first-order chi connectivity index (χ1) is 15.5. The van der Waals surface area contributed by atoms with E-state index >= 15 is 0 Å². The second-order valence-corrected chi connectivity index (χ2v) is 9.27. The Morgan fingerprint density at radius 3 is 1.66 bits per heavy atom. The molecule has 0 aromatic heterocycles. The number of aliphatic hydroxyl groups excluding tert-OH is 1. The van der Waals surface area contributed by atoms with Crippen molar-refractivity contribution >= 4 is 5.78 Å². The lowest BCUT2D eigenvalue weighted by Crippen LogP contribution is -2.50. The zero-order valence-corrected chi connectivity index (χ0v) is 18.9. The van der Waals surface area contributed by atoms with Gasteiger partial charge in [-0.25, -0.2) is 0 Å². The molecule has 1 fully saturated rings. The largest absolute Gasteiger partial charge is 0.389 e. The zero-order chi connectivity index (χ0) is 22.6. The monoisotopic (exact) mass is 428 g/mol. The number of ketones is 1. The van der Waals surface area contributed by atoms with E-state index in [9.17, 15) is 9.90 Å². The van der Waals surface area contributed by atoms with Crippen molar-refractivity contribution in [3.63, 3.8) is 0 Å². The Labute approximate surface area is 191 Å². The summed E-state index contributed by atoms with van der Waals surface area (Å²) in [6.07, 6.45) is 1.49. The number of aliphatic hydroxyl groups is 1. The summed E-state index contributed by atoms with van der Waals surface area (Å²) in [5.41, 5.74) is 1.22. The highest BCUT2D eigenvalue weighted by molar-refractivity contribution is 5.84. The van der Waals surface area contributed by atoms with E-state index < -0.39 is 23.2 Å². The van der Waals surface area contributed by atoms with E-state index in [4.69, 9.17) is 4.74 Å². The Bertz CT molecular complexity index is 915. The van der Waals surface area contributed by atoms with Crippen LogP contribution in [0.4, 0.5) is 0 Å². The third-order valence-electron chi connectivity index (χ3n) is 6.82. The highest BCUT2D eigenvalue weighted by Gasteiger charge is 2.46. The van der Waals surface area contributed by atoms with E-state index in [0.29, 0.717) is 12.8 Å². The third-order valence-corrected chi connectivity index (χ3v) is 6.82. The number of ether oxygens (including phenoxy) is 1. The first kappa shape index (κ1) is 22.4. The van der Waals surface area contributed by atoms with Crippen LogP contribution in [0, 0.1) is 5.41 Å². The molecule has 0 spiro atoms. The normalized spacial score (nSPS) is 21.5. The van der Waals surface area contributed by atoms with Crippen LogP contribution in [-0.2, 0) is 15.1 Å². The van der Waals surface area contributed by atoms with Crippen LogP contribution in [-0.4, -0.2) is 23.1 Å². The molecule has 32 heavy (non-hydrogen) atoms. The van der Waals surface area contributed by atoms with E-state index in [2.05, 4.69) is 36.4 Å². The number of hydrogen-bond donors (Lipinski definition) is 1. The first-order valence-electron chi connectivity index (χ1n) is 11.5. The van der Waals surface area contributed by atoms with Crippen molar-refractivity contribution < 1.29 is 14.6 Å². The number of carbonyl (C=O) groups excluding carboxylic acids is 1. The molecule has 166 valence electrons. The van der Waals surface area contributed by atoms with Gasteiger partial charge < -0.3 is 9.84 Å². The third kappa shape index (κ3) is 4.15. The van der Waals surface area contributed by atoms with E-state index in [-0.39, 0.29) is 5.78 Å². The molecule has 0 amide bonds. The van der Waals surface area contributed by atoms with Crippen molar-refractivity contribution in [2.24, 2.45) is 5.41 Å². The molecular weight excluding hydrogens is 396 g/mol. The lowest BCUT2D eigenvalue weighted by molar-refractivity contribution is -0.158. The molecule has 1 N–H and O–H groups in total. The highest BCUT2D eigenvalue weighted by atomic mass is 16.5. The second kappa shape index (κ2) is 9.40. The number of rotatable bonds is 5. The smallest absolute Gasteiger partial charge is 0.144 e. The summed E-state index contributed by atoms with van der Waals surface area (Å²) in [5.74, 6) is 0.100. The van der Waals surface area contributed by atoms with Crippen LogP contribution in [0.25, 0.3) is 0 Å². The van der Waals surface area contributed by atoms with Gasteiger partial charge in [-0.1, -0.05) is 111 Å². The Kier molecular flexibility index (Phi) is 6.59. The number of benzene rings is 3. The maximum Gasteiger partial charge on any atom is 0.144 e.